The van der Waals surface area contributed by atoms with Crippen LogP contribution in [0.15, 0.2) is 0 Å². The zero-order valence-electron chi connectivity index (χ0n) is 13.2. The van der Waals surface area contributed by atoms with Crippen molar-refractivity contribution in [1.29, 1.82) is 0 Å². The maximum absolute atomic E-state index is 3.85. The molecule has 1 saturated heterocycles. The third kappa shape index (κ3) is 4.75. The van der Waals surface area contributed by atoms with Crippen LogP contribution in [0.5, 0.6) is 0 Å². The third-order valence-corrected chi connectivity index (χ3v) is 5.40. The van der Waals surface area contributed by atoms with Crippen LogP contribution in [0.4, 0.5) is 0 Å². The molecule has 2 nitrogen and oxygen atoms in total. The highest BCUT2D eigenvalue weighted by Crippen LogP contribution is 2.26. The Labute approximate surface area is 120 Å². The zero-order chi connectivity index (χ0) is 13.5. The SMILES string of the molecule is CCC1CCCCC1NCCCN1CCCCC1C. The standard InChI is InChI=1S/C17H34N2/c1-3-16-10-4-5-11-17(16)18-12-8-14-19-13-7-6-9-15(19)2/h15-18H,3-14H2,1-2H3. The number of nitrogens with zero attached hydrogens (tertiary/aromatic N) is 1. The number of hydrogen-bond donors (Lipinski definition) is 1. The predicted molar refractivity (Wildman–Crippen MR) is 83.5 cm³/mol. The molecule has 112 valence electrons. The lowest BCUT2D eigenvalue weighted by Crippen LogP contribution is -2.41. The van der Waals surface area contributed by atoms with Gasteiger partial charge in [0.15, 0.2) is 0 Å². The van der Waals surface area contributed by atoms with Crippen LogP contribution in [0.2, 0.25) is 0 Å². The largest absolute Gasteiger partial charge is 0.314 e. The molecule has 0 aromatic carbocycles. The maximum atomic E-state index is 3.85. The lowest BCUT2D eigenvalue weighted by atomic mass is 9.83. The summed E-state index contributed by atoms with van der Waals surface area (Å²) < 4.78 is 0. The normalized spacial score (nSPS) is 33.5. The van der Waals surface area contributed by atoms with Gasteiger partial charge in [-0.05, 0) is 64.6 Å². The molecule has 1 aliphatic carbocycles. The van der Waals surface area contributed by atoms with Crippen molar-refractivity contribution in [3.05, 3.63) is 0 Å². The van der Waals surface area contributed by atoms with Crippen molar-refractivity contribution in [2.45, 2.75) is 83.7 Å². The number of hydrogen-bond acceptors (Lipinski definition) is 2. The van der Waals surface area contributed by atoms with Crippen LogP contribution < -0.4 is 5.32 Å². The van der Waals surface area contributed by atoms with Gasteiger partial charge in [0, 0.05) is 12.1 Å². The summed E-state index contributed by atoms with van der Waals surface area (Å²) in [7, 11) is 0. The zero-order valence-corrected chi connectivity index (χ0v) is 13.2. The molecule has 3 atom stereocenters. The van der Waals surface area contributed by atoms with E-state index in [1.165, 1.54) is 77.4 Å². The molecule has 0 aromatic rings. The van der Waals surface area contributed by atoms with Crippen LogP contribution in [0, 0.1) is 5.92 Å². The molecule has 0 amide bonds. The topological polar surface area (TPSA) is 15.3 Å². The summed E-state index contributed by atoms with van der Waals surface area (Å²) in [6.07, 6.45) is 12.7. The summed E-state index contributed by atoms with van der Waals surface area (Å²) in [6, 6.07) is 1.64. The van der Waals surface area contributed by atoms with E-state index in [-0.39, 0.29) is 0 Å². The Hall–Kier alpha value is -0.0800. The van der Waals surface area contributed by atoms with Crippen molar-refractivity contribution in [3.63, 3.8) is 0 Å². The van der Waals surface area contributed by atoms with Crippen molar-refractivity contribution in [2.75, 3.05) is 19.6 Å². The number of piperidine rings is 1. The first-order valence-electron chi connectivity index (χ1n) is 8.78. The lowest BCUT2D eigenvalue weighted by molar-refractivity contribution is 0.156. The fraction of sp³-hybridized carbons (Fsp3) is 1.00. The Morgan fingerprint density at radius 2 is 1.84 bits per heavy atom. The van der Waals surface area contributed by atoms with Gasteiger partial charge in [-0.15, -0.1) is 0 Å². The van der Waals surface area contributed by atoms with Gasteiger partial charge in [-0.3, -0.25) is 0 Å². The summed E-state index contributed by atoms with van der Waals surface area (Å²) in [5.41, 5.74) is 0. The van der Waals surface area contributed by atoms with Crippen LogP contribution in [0.1, 0.15) is 71.6 Å². The van der Waals surface area contributed by atoms with E-state index in [0.717, 1.165) is 18.0 Å². The maximum Gasteiger partial charge on any atom is 0.00952 e. The summed E-state index contributed by atoms with van der Waals surface area (Å²) in [5.74, 6) is 0.947. The molecule has 2 rings (SSSR count). The fourth-order valence-corrected chi connectivity index (χ4v) is 4.02. The second kappa shape index (κ2) is 8.26. The minimum Gasteiger partial charge on any atom is -0.314 e. The van der Waals surface area contributed by atoms with Gasteiger partial charge in [-0.1, -0.05) is 32.6 Å². The molecule has 1 saturated carbocycles. The molecular weight excluding hydrogens is 232 g/mol. The quantitative estimate of drug-likeness (QED) is 0.736. The highest BCUT2D eigenvalue weighted by atomic mass is 15.2. The Kier molecular flexibility index (Phi) is 6.66. The molecule has 1 N–H and O–H groups in total. The average molecular weight is 266 g/mol. The summed E-state index contributed by atoms with van der Waals surface area (Å²) in [5, 5.41) is 3.85. The molecule has 0 radical (unpaired) electrons. The molecule has 2 aliphatic rings. The van der Waals surface area contributed by atoms with Gasteiger partial charge in [0.2, 0.25) is 0 Å². The minimum absolute atomic E-state index is 0.817. The molecule has 2 fully saturated rings. The third-order valence-electron chi connectivity index (χ3n) is 5.40. The van der Waals surface area contributed by atoms with E-state index in [1.807, 2.05) is 0 Å². The van der Waals surface area contributed by atoms with Crippen LogP contribution in [0.3, 0.4) is 0 Å². The van der Waals surface area contributed by atoms with Crippen molar-refractivity contribution in [2.24, 2.45) is 5.92 Å². The minimum atomic E-state index is 0.817. The molecule has 0 spiro atoms. The van der Waals surface area contributed by atoms with E-state index in [4.69, 9.17) is 0 Å². The second-order valence-electron chi connectivity index (χ2n) is 6.75. The van der Waals surface area contributed by atoms with Crippen molar-refractivity contribution < 1.29 is 0 Å². The van der Waals surface area contributed by atoms with Crippen molar-refractivity contribution in [1.82, 2.24) is 10.2 Å². The van der Waals surface area contributed by atoms with Gasteiger partial charge in [-0.2, -0.15) is 0 Å². The summed E-state index contributed by atoms with van der Waals surface area (Å²) >= 11 is 0. The van der Waals surface area contributed by atoms with Crippen LogP contribution >= 0.6 is 0 Å². The number of nitrogens with one attached hydrogen (secondary N) is 1. The Bertz CT molecular complexity index is 241. The Morgan fingerprint density at radius 1 is 1.05 bits per heavy atom. The monoisotopic (exact) mass is 266 g/mol. The summed E-state index contributed by atoms with van der Waals surface area (Å²) in [6.45, 7) is 8.63. The van der Waals surface area contributed by atoms with E-state index < -0.39 is 0 Å². The smallest absolute Gasteiger partial charge is 0.00952 e. The van der Waals surface area contributed by atoms with Crippen LogP contribution in [0.25, 0.3) is 0 Å². The molecule has 2 heteroatoms. The van der Waals surface area contributed by atoms with Gasteiger partial charge >= 0.3 is 0 Å². The van der Waals surface area contributed by atoms with Crippen LogP contribution in [-0.4, -0.2) is 36.6 Å². The van der Waals surface area contributed by atoms with E-state index in [2.05, 4.69) is 24.1 Å². The molecule has 1 heterocycles. The highest BCUT2D eigenvalue weighted by molar-refractivity contribution is 4.80. The van der Waals surface area contributed by atoms with Gasteiger partial charge in [0.25, 0.3) is 0 Å². The number of rotatable bonds is 6. The first-order valence-corrected chi connectivity index (χ1v) is 8.78. The van der Waals surface area contributed by atoms with Crippen molar-refractivity contribution in [3.8, 4) is 0 Å². The molecule has 3 unspecified atom stereocenters. The molecule has 19 heavy (non-hydrogen) atoms. The molecular formula is C17H34N2. The first-order chi connectivity index (χ1) is 9.31. The fourth-order valence-electron chi connectivity index (χ4n) is 4.02. The van der Waals surface area contributed by atoms with Crippen molar-refractivity contribution >= 4 is 0 Å². The Morgan fingerprint density at radius 3 is 2.63 bits per heavy atom. The molecule has 0 aromatic heterocycles. The van der Waals surface area contributed by atoms with Gasteiger partial charge < -0.3 is 10.2 Å². The molecule has 0 bridgehead atoms. The lowest BCUT2D eigenvalue weighted by Gasteiger charge is -2.34. The van der Waals surface area contributed by atoms with Gasteiger partial charge in [0.1, 0.15) is 0 Å². The average Bonchev–Trinajstić information content (AvgIpc) is 2.45. The van der Waals surface area contributed by atoms with E-state index in [9.17, 15) is 0 Å². The highest BCUT2D eigenvalue weighted by Gasteiger charge is 2.23. The second-order valence-corrected chi connectivity index (χ2v) is 6.75. The van der Waals surface area contributed by atoms with Gasteiger partial charge in [0.05, 0.1) is 0 Å². The Balaban J connectivity index is 1.60. The van der Waals surface area contributed by atoms with E-state index in [0.29, 0.717) is 0 Å². The summed E-state index contributed by atoms with van der Waals surface area (Å²) in [4.78, 5) is 2.70. The van der Waals surface area contributed by atoms with E-state index in [1.54, 1.807) is 0 Å². The number of likely N-dealkylation sites (tertiary alicyclic amines) is 1. The van der Waals surface area contributed by atoms with Gasteiger partial charge in [-0.25, -0.2) is 0 Å². The first kappa shape index (κ1) is 15.3. The van der Waals surface area contributed by atoms with E-state index >= 15 is 0 Å². The predicted octanol–water partition coefficient (Wildman–Crippen LogP) is 3.81. The van der Waals surface area contributed by atoms with Crippen LogP contribution in [-0.2, 0) is 0 Å². The molecule has 1 aliphatic heterocycles.